The normalized spacial score (nSPS) is 13.3. The fourth-order valence-electron chi connectivity index (χ4n) is 1.75. The van der Waals surface area contributed by atoms with Crippen molar-refractivity contribution in [3.8, 4) is 0 Å². The van der Waals surface area contributed by atoms with E-state index in [1.54, 1.807) is 42.3 Å². The van der Waals surface area contributed by atoms with Crippen molar-refractivity contribution in [1.29, 1.82) is 0 Å². The molecule has 0 aliphatic heterocycles. The van der Waals surface area contributed by atoms with Crippen LogP contribution in [-0.2, 0) is 16.6 Å². The Kier molecular flexibility index (Phi) is 4.53. The molecule has 0 aliphatic carbocycles. The molecule has 0 amide bonds. The highest BCUT2D eigenvalue weighted by Gasteiger charge is 2.14. The van der Waals surface area contributed by atoms with E-state index in [4.69, 9.17) is 0 Å². The molecule has 1 atom stereocenters. The molecule has 7 heteroatoms. The smallest absolute Gasteiger partial charge is 0.240 e. The first-order valence-electron chi connectivity index (χ1n) is 6.22. The van der Waals surface area contributed by atoms with Crippen LogP contribution in [0, 0.1) is 0 Å². The Hall–Kier alpha value is -1.70. The third-order valence-corrected chi connectivity index (χ3v) is 4.33. The Morgan fingerprint density at radius 1 is 1.45 bits per heavy atom. The number of hydrogen-bond donors (Lipinski definition) is 2. The van der Waals surface area contributed by atoms with Crippen LogP contribution in [-0.4, -0.2) is 29.6 Å². The van der Waals surface area contributed by atoms with E-state index >= 15 is 0 Å². The van der Waals surface area contributed by atoms with E-state index in [0.717, 1.165) is 0 Å². The minimum Gasteiger partial charge on any atom is -0.389 e. The lowest BCUT2D eigenvalue weighted by Crippen LogP contribution is -2.27. The number of hydrogen-bond acceptors (Lipinski definition) is 4. The number of imidazole rings is 1. The monoisotopic (exact) mass is 295 g/mol. The van der Waals surface area contributed by atoms with Gasteiger partial charge in [-0.25, -0.2) is 18.1 Å². The van der Waals surface area contributed by atoms with E-state index in [9.17, 15) is 13.5 Å². The van der Waals surface area contributed by atoms with Crippen molar-refractivity contribution in [1.82, 2.24) is 14.3 Å². The highest BCUT2D eigenvalue weighted by Crippen LogP contribution is 2.16. The maximum absolute atomic E-state index is 12.1. The molecular weight excluding hydrogens is 278 g/mol. The number of benzene rings is 1. The van der Waals surface area contributed by atoms with Crippen LogP contribution in [0.3, 0.4) is 0 Å². The third kappa shape index (κ3) is 3.66. The number of aliphatic hydroxyl groups is 1. The minimum atomic E-state index is -3.56. The first-order chi connectivity index (χ1) is 9.49. The molecule has 2 N–H and O–H groups in total. The molecule has 1 unspecified atom stereocenters. The topological polar surface area (TPSA) is 84.2 Å². The van der Waals surface area contributed by atoms with Gasteiger partial charge >= 0.3 is 0 Å². The molecule has 1 aromatic carbocycles. The number of nitrogens with one attached hydrogen (secondary N) is 1. The van der Waals surface area contributed by atoms with Crippen molar-refractivity contribution in [2.24, 2.45) is 0 Å². The highest BCUT2D eigenvalue weighted by atomic mass is 32.2. The van der Waals surface area contributed by atoms with E-state index < -0.39 is 16.1 Å². The number of rotatable bonds is 6. The summed E-state index contributed by atoms with van der Waals surface area (Å²) in [7, 11) is -3.56. The molecule has 0 saturated carbocycles. The maximum atomic E-state index is 12.1. The van der Waals surface area contributed by atoms with Crippen LogP contribution in [0.5, 0.6) is 0 Å². The second-order valence-corrected chi connectivity index (χ2v) is 6.21. The number of aliphatic hydroxyl groups excluding tert-OH is 1. The predicted molar refractivity (Wildman–Crippen MR) is 74.5 cm³/mol. The van der Waals surface area contributed by atoms with E-state index in [2.05, 4.69) is 9.71 Å². The van der Waals surface area contributed by atoms with Crippen molar-refractivity contribution in [3.05, 3.63) is 48.5 Å². The Morgan fingerprint density at radius 2 is 2.25 bits per heavy atom. The number of nitrogens with zero attached hydrogens (tertiary/aromatic N) is 2. The molecule has 0 spiro atoms. The highest BCUT2D eigenvalue weighted by molar-refractivity contribution is 7.89. The van der Waals surface area contributed by atoms with E-state index in [-0.39, 0.29) is 11.4 Å². The summed E-state index contributed by atoms with van der Waals surface area (Å²) in [6.07, 6.45) is 4.34. The molecule has 0 radical (unpaired) electrons. The Labute approximate surface area is 118 Å². The van der Waals surface area contributed by atoms with Gasteiger partial charge in [-0.1, -0.05) is 12.1 Å². The maximum Gasteiger partial charge on any atom is 0.240 e. The van der Waals surface area contributed by atoms with Crippen LogP contribution in [0.2, 0.25) is 0 Å². The second kappa shape index (κ2) is 6.17. The molecule has 20 heavy (non-hydrogen) atoms. The summed E-state index contributed by atoms with van der Waals surface area (Å²) in [4.78, 5) is 4.04. The van der Waals surface area contributed by atoms with Crippen molar-refractivity contribution in [3.63, 3.8) is 0 Å². The number of aromatic nitrogens is 2. The zero-order valence-electron chi connectivity index (χ0n) is 11.1. The SMILES string of the molecule is CC(O)c1cccc(S(=O)(=O)NCCn2ccnc2)c1. The standard InChI is InChI=1S/C13H17N3O3S/c1-11(17)12-3-2-4-13(9-12)20(18,19)15-6-8-16-7-5-14-10-16/h2-5,7,9-11,15,17H,6,8H2,1H3. The molecular formula is C13H17N3O3S. The van der Waals surface area contributed by atoms with Gasteiger partial charge in [0.25, 0.3) is 0 Å². The lowest BCUT2D eigenvalue weighted by Gasteiger charge is -2.10. The van der Waals surface area contributed by atoms with E-state index in [1.165, 1.54) is 12.1 Å². The first-order valence-corrected chi connectivity index (χ1v) is 7.71. The fourth-order valence-corrected chi connectivity index (χ4v) is 2.83. The minimum absolute atomic E-state index is 0.154. The molecule has 0 aliphatic rings. The molecule has 6 nitrogen and oxygen atoms in total. The van der Waals surface area contributed by atoms with Crippen molar-refractivity contribution >= 4 is 10.0 Å². The summed E-state index contributed by atoms with van der Waals surface area (Å²) < 4.78 is 28.5. The van der Waals surface area contributed by atoms with E-state index in [1.807, 2.05) is 0 Å². The molecule has 108 valence electrons. The summed E-state index contributed by atoms with van der Waals surface area (Å²) in [5.74, 6) is 0. The van der Waals surface area contributed by atoms with Gasteiger partial charge in [-0.2, -0.15) is 0 Å². The average molecular weight is 295 g/mol. The third-order valence-electron chi connectivity index (χ3n) is 2.87. The summed E-state index contributed by atoms with van der Waals surface area (Å²) in [6.45, 7) is 2.38. The summed E-state index contributed by atoms with van der Waals surface area (Å²) >= 11 is 0. The van der Waals surface area contributed by atoms with Gasteiger partial charge in [0, 0.05) is 25.5 Å². The summed E-state index contributed by atoms with van der Waals surface area (Å²) in [5.41, 5.74) is 0.572. The van der Waals surface area contributed by atoms with Gasteiger partial charge < -0.3 is 9.67 Å². The Morgan fingerprint density at radius 3 is 2.90 bits per heavy atom. The van der Waals surface area contributed by atoms with Gasteiger partial charge in [0.15, 0.2) is 0 Å². The predicted octanol–water partition coefficient (Wildman–Crippen LogP) is 0.915. The Balaban J connectivity index is 2.04. The summed E-state index contributed by atoms with van der Waals surface area (Å²) in [5, 5.41) is 9.49. The first kappa shape index (κ1) is 14.7. The average Bonchev–Trinajstić information content (AvgIpc) is 2.92. The van der Waals surface area contributed by atoms with Gasteiger partial charge in [0.1, 0.15) is 0 Å². The zero-order chi connectivity index (χ0) is 14.6. The van der Waals surface area contributed by atoms with Crippen molar-refractivity contribution < 1.29 is 13.5 Å². The van der Waals surface area contributed by atoms with Gasteiger partial charge in [0.2, 0.25) is 10.0 Å². The van der Waals surface area contributed by atoms with Gasteiger partial charge in [-0.3, -0.25) is 0 Å². The van der Waals surface area contributed by atoms with Crippen LogP contribution in [0.4, 0.5) is 0 Å². The Bertz CT molecular complexity index is 651. The van der Waals surface area contributed by atoms with Crippen LogP contribution >= 0.6 is 0 Å². The number of sulfonamides is 1. The quantitative estimate of drug-likeness (QED) is 0.830. The molecule has 0 bridgehead atoms. The van der Waals surface area contributed by atoms with Crippen LogP contribution in [0.25, 0.3) is 0 Å². The van der Waals surface area contributed by atoms with Gasteiger partial charge in [0.05, 0.1) is 17.3 Å². The van der Waals surface area contributed by atoms with E-state index in [0.29, 0.717) is 12.1 Å². The largest absolute Gasteiger partial charge is 0.389 e. The molecule has 0 fully saturated rings. The molecule has 2 aromatic rings. The fraction of sp³-hybridized carbons (Fsp3) is 0.308. The van der Waals surface area contributed by atoms with Crippen LogP contribution in [0.1, 0.15) is 18.6 Å². The molecule has 2 rings (SSSR count). The molecule has 1 heterocycles. The molecule has 0 saturated heterocycles. The second-order valence-electron chi connectivity index (χ2n) is 4.45. The molecule has 1 aromatic heterocycles. The lowest BCUT2D eigenvalue weighted by atomic mass is 10.1. The lowest BCUT2D eigenvalue weighted by molar-refractivity contribution is 0.199. The van der Waals surface area contributed by atoms with Crippen LogP contribution < -0.4 is 4.72 Å². The zero-order valence-corrected chi connectivity index (χ0v) is 11.9. The van der Waals surface area contributed by atoms with Crippen molar-refractivity contribution in [2.75, 3.05) is 6.54 Å². The van der Waals surface area contributed by atoms with Crippen molar-refractivity contribution in [2.45, 2.75) is 24.5 Å². The van der Waals surface area contributed by atoms with Gasteiger partial charge in [-0.05, 0) is 24.6 Å². The summed E-state index contributed by atoms with van der Waals surface area (Å²) in [6, 6.07) is 6.29. The van der Waals surface area contributed by atoms with Gasteiger partial charge in [-0.15, -0.1) is 0 Å². The van der Waals surface area contributed by atoms with Crippen LogP contribution in [0.15, 0.2) is 47.9 Å².